The number of hydrogen-bond acceptors (Lipinski definition) is 5. The Hall–Kier alpha value is -3.09. The van der Waals surface area contributed by atoms with Crippen LogP contribution in [0.1, 0.15) is 12.1 Å². The molecule has 0 bridgehead atoms. The van der Waals surface area contributed by atoms with Crippen LogP contribution < -0.4 is 14.8 Å². The number of ether oxygens (including phenoxy) is 2. The lowest BCUT2D eigenvalue weighted by atomic mass is 10.2. The fraction of sp³-hybridized carbons (Fsp3) is 0.278. The van der Waals surface area contributed by atoms with Gasteiger partial charge in [-0.3, -0.25) is 9.48 Å². The molecule has 1 N–H and O–H groups in total. The number of aryl methyl sites for hydroxylation is 2. The van der Waals surface area contributed by atoms with Gasteiger partial charge in [0, 0.05) is 12.4 Å². The number of carbonyl (C=O) groups is 1. The number of anilines is 1. The smallest absolute Gasteiger partial charge is 0.227 e. The molecule has 0 saturated carbocycles. The van der Waals surface area contributed by atoms with E-state index in [0.717, 1.165) is 22.5 Å². The maximum Gasteiger partial charge on any atom is 0.227 e. The number of benzene rings is 1. The van der Waals surface area contributed by atoms with E-state index in [1.165, 1.54) is 0 Å². The summed E-state index contributed by atoms with van der Waals surface area (Å²) in [4.78, 5) is 16.4. The van der Waals surface area contributed by atoms with Crippen LogP contribution in [-0.2, 0) is 11.8 Å². The highest BCUT2D eigenvalue weighted by atomic mass is 16.5. The van der Waals surface area contributed by atoms with Gasteiger partial charge in [-0.15, -0.1) is 0 Å². The highest BCUT2D eigenvalue weighted by molar-refractivity contribution is 5.93. The third-order valence-electron chi connectivity index (χ3n) is 3.80. The quantitative estimate of drug-likeness (QED) is 0.746. The Balaban J connectivity index is 1.54. The molecule has 0 fully saturated rings. The number of pyridine rings is 1. The number of rotatable bonds is 6. The van der Waals surface area contributed by atoms with E-state index < -0.39 is 0 Å². The van der Waals surface area contributed by atoms with Gasteiger partial charge in [0.15, 0.2) is 5.65 Å². The molecule has 3 rings (SSSR count). The van der Waals surface area contributed by atoms with Crippen molar-refractivity contribution < 1.29 is 14.3 Å². The molecule has 7 nitrogen and oxygen atoms in total. The molecule has 7 heteroatoms. The van der Waals surface area contributed by atoms with Crippen molar-refractivity contribution in [3.8, 4) is 11.5 Å². The normalized spacial score (nSPS) is 10.7. The highest BCUT2D eigenvalue weighted by Gasteiger charge is 2.09. The Labute approximate surface area is 145 Å². The van der Waals surface area contributed by atoms with Crippen LogP contribution in [0, 0.1) is 6.92 Å². The van der Waals surface area contributed by atoms with Crippen LogP contribution in [-0.4, -0.2) is 34.4 Å². The number of methoxy groups -OCH3 is 1. The van der Waals surface area contributed by atoms with Gasteiger partial charge in [0.05, 0.1) is 37.7 Å². The fourth-order valence-electron chi connectivity index (χ4n) is 2.53. The molecule has 2 heterocycles. The van der Waals surface area contributed by atoms with E-state index in [9.17, 15) is 4.79 Å². The number of amides is 1. The lowest BCUT2D eigenvalue weighted by Gasteiger charge is -2.08. The van der Waals surface area contributed by atoms with Crippen molar-refractivity contribution >= 4 is 22.6 Å². The zero-order valence-corrected chi connectivity index (χ0v) is 14.4. The van der Waals surface area contributed by atoms with Gasteiger partial charge in [-0.2, -0.15) is 5.10 Å². The number of nitrogens with zero attached hydrogens (tertiary/aromatic N) is 3. The first-order valence-corrected chi connectivity index (χ1v) is 7.93. The molecule has 0 unspecified atom stereocenters. The van der Waals surface area contributed by atoms with Crippen LogP contribution in [0.3, 0.4) is 0 Å². The highest BCUT2D eigenvalue weighted by Crippen LogP contribution is 2.20. The molecule has 3 aromatic rings. The Bertz CT molecular complexity index is 887. The molecular weight excluding hydrogens is 320 g/mol. The summed E-state index contributed by atoms with van der Waals surface area (Å²) < 4.78 is 12.4. The van der Waals surface area contributed by atoms with Crippen molar-refractivity contribution in [3.63, 3.8) is 0 Å². The van der Waals surface area contributed by atoms with E-state index in [1.54, 1.807) is 30.1 Å². The molecule has 0 aliphatic heterocycles. The van der Waals surface area contributed by atoms with E-state index >= 15 is 0 Å². The molecule has 1 aromatic carbocycles. The zero-order valence-electron chi connectivity index (χ0n) is 14.4. The van der Waals surface area contributed by atoms with Gasteiger partial charge in [-0.05, 0) is 37.3 Å². The molecule has 0 saturated heterocycles. The average molecular weight is 340 g/mol. The van der Waals surface area contributed by atoms with Gasteiger partial charge >= 0.3 is 0 Å². The Morgan fingerprint density at radius 2 is 1.96 bits per heavy atom. The number of carbonyl (C=O) groups excluding carboxylic acids is 1. The summed E-state index contributed by atoms with van der Waals surface area (Å²) in [7, 11) is 3.45. The van der Waals surface area contributed by atoms with Crippen molar-refractivity contribution in [3.05, 3.63) is 42.2 Å². The van der Waals surface area contributed by atoms with Crippen LogP contribution in [0.25, 0.3) is 11.0 Å². The second-order valence-electron chi connectivity index (χ2n) is 5.63. The second-order valence-corrected chi connectivity index (χ2v) is 5.63. The minimum absolute atomic E-state index is 0.129. The molecule has 2 aromatic heterocycles. The molecular formula is C18H20N4O3. The van der Waals surface area contributed by atoms with Crippen molar-refractivity contribution in [2.24, 2.45) is 7.05 Å². The van der Waals surface area contributed by atoms with Crippen LogP contribution >= 0.6 is 0 Å². The predicted molar refractivity (Wildman–Crippen MR) is 95.0 cm³/mol. The second kappa shape index (κ2) is 7.21. The van der Waals surface area contributed by atoms with Gasteiger partial charge in [-0.1, -0.05) is 0 Å². The van der Waals surface area contributed by atoms with E-state index in [4.69, 9.17) is 9.47 Å². The molecule has 0 atom stereocenters. The molecule has 0 aliphatic carbocycles. The van der Waals surface area contributed by atoms with Crippen LogP contribution in [0.15, 0.2) is 36.5 Å². The first kappa shape index (κ1) is 16.8. The zero-order chi connectivity index (χ0) is 17.8. The standard InChI is InChI=1S/C18H20N4O3/c1-12-16-10-13(11-19-18(16)22(2)21-12)20-17(23)8-9-25-15-6-4-14(24-3)5-7-15/h4-7,10-11H,8-9H2,1-3H3,(H,20,23). The summed E-state index contributed by atoms with van der Waals surface area (Å²) in [5.41, 5.74) is 2.32. The lowest BCUT2D eigenvalue weighted by molar-refractivity contribution is -0.116. The summed E-state index contributed by atoms with van der Waals surface area (Å²) in [6, 6.07) is 9.12. The van der Waals surface area contributed by atoms with Crippen molar-refractivity contribution in [2.45, 2.75) is 13.3 Å². The van der Waals surface area contributed by atoms with Gasteiger partial charge in [0.1, 0.15) is 11.5 Å². The maximum absolute atomic E-state index is 12.1. The minimum Gasteiger partial charge on any atom is -0.497 e. The van der Waals surface area contributed by atoms with Gasteiger partial charge in [0.25, 0.3) is 0 Å². The van der Waals surface area contributed by atoms with E-state index in [2.05, 4.69) is 15.4 Å². The van der Waals surface area contributed by atoms with E-state index in [0.29, 0.717) is 18.0 Å². The van der Waals surface area contributed by atoms with E-state index in [1.807, 2.05) is 32.2 Å². The van der Waals surface area contributed by atoms with Crippen molar-refractivity contribution in [2.75, 3.05) is 19.0 Å². The fourth-order valence-corrected chi connectivity index (χ4v) is 2.53. The average Bonchev–Trinajstić information content (AvgIpc) is 2.89. The third-order valence-corrected chi connectivity index (χ3v) is 3.80. The first-order chi connectivity index (χ1) is 12.1. The molecule has 25 heavy (non-hydrogen) atoms. The maximum atomic E-state index is 12.1. The van der Waals surface area contributed by atoms with E-state index in [-0.39, 0.29) is 12.3 Å². The molecule has 0 aliphatic rings. The summed E-state index contributed by atoms with van der Waals surface area (Å²) in [5, 5.41) is 8.08. The number of hydrogen-bond donors (Lipinski definition) is 1. The Kier molecular flexibility index (Phi) is 4.83. The largest absolute Gasteiger partial charge is 0.497 e. The van der Waals surface area contributed by atoms with Gasteiger partial charge < -0.3 is 14.8 Å². The van der Waals surface area contributed by atoms with Crippen LogP contribution in [0.4, 0.5) is 5.69 Å². The number of aromatic nitrogens is 3. The molecule has 0 spiro atoms. The monoisotopic (exact) mass is 340 g/mol. The first-order valence-electron chi connectivity index (χ1n) is 7.93. The summed E-state index contributed by atoms with van der Waals surface area (Å²) in [5.74, 6) is 1.33. The molecule has 1 amide bonds. The van der Waals surface area contributed by atoms with Crippen molar-refractivity contribution in [1.82, 2.24) is 14.8 Å². The summed E-state index contributed by atoms with van der Waals surface area (Å²) >= 11 is 0. The van der Waals surface area contributed by atoms with Crippen molar-refractivity contribution in [1.29, 1.82) is 0 Å². The minimum atomic E-state index is -0.129. The Morgan fingerprint density at radius 3 is 2.68 bits per heavy atom. The lowest BCUT2D eigenvalue weighted by Crippen LogP contribution is -2.15. The van der Waals surface area contributed by atoms with Gasteiger partial charge in [-0.25, -0.2) is 4.98 Å². The van der Waals surface area contributed by atoms with Crippen LogP contribution in [0.5, 0.6) is 11.5 Å². The van der Waals surface area contributed by atoms with Gasteiger partial charge in [0.2, 0.25) is 5.91 Å². The molecule has 0 radical (unpaired) electrons. The molecule has 130 valence electrons. The SMILES string of the molecule is COc1ccc(OCCC(=O)Nc2cnc3c(c2)c(C)nn3C)cc1. The Morgan fingerprint density at radius 1 is 1.24 bits per heavy atom. The topological polar surface area (TPSA) is 78.3 Å². The predicted octanol–water partition coefficient (Wildman–Crippen LogP) is 2.69. The summed E-state index contributed by atoms with van der Waals surface area (Å²) in [6.07, 6.45) is 1.88. The van der Waals surface area contributed by atoms with Crippen LogP contribution in [0.2, 0.25) is 0 Å². The number of fused-ring (bicyclic) bond motifs is 1. The summed E-state index contributed by atoms with van der Waals surface area (Å²) in [6.45, 7) is 2.21. The number of nitrogens with one attached hydrogen (secondary N) is 1. The third kappa shape index (κ3) is 3.88.